The van der Waals surface area contributed by atoms with E-state index in [-0.39, 0.29) is 48.7 Å². The van der Waals surface area contributed by atoms with Gasteiger partial charge in [0, 0.05) is 55.6 Å². The van der Waals surface area contributed by atoms with E-state index in [1.165, 1.54) is 6.07 Å². The molecule has 0 saturated heterocycles. The minimum absolute atomic E-state index is 0.0606. The van der Waals surface area contributed by atoms with Crippen molar-refractivity contribution in [1.29, 1.82) is 0 Å². The van der Waals surface area contributed by atoms with Crippen molar-refractivity contribution in [3.63, 3.8) is 0 Å². The molecule has 8 nitrogen and oxygen atoms in total. The molecule has 1 heterocycles. The van der Waals surface area contributed by atoms with Gasteiger partial charge in [-0.2, -0.15) is 0 Å². The maximum absolute atomic E-state index is 14.0. The normalized spacial score (nSPS) is 12.3. The second-order valence-electron chi connectivity index (χ2n) is 11.0. The standard InChI is InChI=1S/C34H42F2N4O4/c1-4-13-40(14-5-2)34(44)27-16-23(3)15-26(20-27)33(43)39-30(19-25-17-28(35)21-29(36)18-25)31(41)10-12-38-32(42)9-8-24-7-6-11-37-22-24/h6-7,11,15-18,20-22,30-31,41H,4-5,8-10,12-14,19H2,1-3H3,(H,38,42)(H,39,43)/t30-,31-/m0/s1. The summed E-state index contributed by atoms with van der Waals surface area (Å²) in [5.41, 5.74) is 2.51. The number of amides is 3. The molecule has 0 saturated carbocycles. The number of rotatable bonds is 16. The fourth-order valence-electron chi connectivity index (χ4n) is 5.05. The van der Waals surface area contributed by atoms with Gasteiger partial charge in [-0.1, -0.05) is 19.9 Å². The van der Waals surface area contributed by atoms with Gasteiger partial charge >= 0.3 is 0 Å². The number of nitrogens with zero attached hydrogens (tertiary/aromatic N) is 2. The molecular weight excluding hydrogens is 566 g/mol. The molecule has 0 bridgehead atoms. The molecule has 0 aliphatic carbocycles. The first-order valence-corrected chi connectivity index (χ1v) is 15.1. The molecule has 3 N–H and O–H groups in total. The molecule has 44 heavy (non-hydrogen) atoms. The lowest BCUT2D eigenvalue weighted by molar-refractivity contribution is -0.121. The van der Waals surface area contributed by atoms with E-state index in [1.54, 1.807) is 42.4 Å². The molecule has 3 rings (SSSR count). The molecular formula is C34H42F2N4O4. The first-order chi connectivity index (χ1) is 21.1. The Morgan fingerprint density at radius 1 is 0.955 bits per heavy atom. The van der Waals surface area contributed by atoms with Crippen LogP contribution in [0.5, 0.6) is 0 Å². The van der Waals surface area contributed by atoms with Crippen LogP contribution in [0, 0.1) is 18.6 Å². The zero-order valence-corrected chi connectivity index (χ0v) is 25.6. The lowest BCUT2D eigenvalue weighted by Gasteiger charge is -2.25. The van der Waals surface area contributed by atoms with Crippen LogP contribution in [0.25, 0.3) is 0 Å². The Morgan fingerprint density at radius 2 is 1.64 bits per heavy atom. The smallest absolute Gasteiger partial charge is 0.253 e. The van der Waals surface area contributed by atoms with Crippen molar-refractivity contribution >= 4 is 17.7 Å². The van der Waals surface area contributed by atoms with Gasteiger partial charge in [0.25, 0.3) is 11.8 Å². The SMILES string of the molecule is CCCN(CCC)C(=O)c1cc(C)cc(C(=O)N[C@@H](Cc2cc(F)cc(F)c2)[C@@H](O)CCNC(=O)CCc2cccnc2)c1. The number of carbonyl (C=O) groups excluding carboxylic acids is 3. The topological polar surface area (TPSA) is 112 Å². The molecule has 0 unspecified atom stereocenters. The van der Waals surface area contributed by atoms with Gasteiger partial charge in [0.1, 0.15) is 11.6 Å². The number of pyridine rings is 1. The highest BCUT2D eigenvalue weighted by Crippen LogP contribution is 2.17. The molecule has 3 amide bonds. The summed E-state index contributed by atoms with van der Waals surface area (Å²) < 4.78 is 27.9. The van der Waals surface area contributed by atoms with Crippen LogP contribution in [-0.4, -0.2) is 64.5 Å². The Labute approximate surface area is 257 Å². The summed E-state index contributed by atoms with van der Waals surface area (Å²) in [6, 6.07) is 10.7. The van der Waals surface area contributed by atoms with Gasteiger partial charge in [-0.05, 0) is 92.1 Å². The van der Waals surface area contributed by atoms with Crippen LogP contribution in [0.4, 0.5) is 8.78 Å². The predicted molar refractivity (Wildman–Crippen MR) is 165 cm³/mol. The molecule has 3 aromatic rings. The van der Waals surface area contributed by atoms with E-state index >= 15 is 0 Å². The van der Waals surface area contributed by atoms with Crippen molar-refractivity contribution < 1.29 is 28.3 Å². The molecule has 10 heteroatoms. The second kappa shape index (κ2) is 17.2. The third kappa shape index (κ3) is 10.8. The maximum Gasteiger partial charge on any atom is 0.253 e. The molecule has 0 aliphatic rings. The molecule has 236 valence electrons. The largest absolute Gasteiger partial charge is 0.391 e. The van der Waals surface area contributed by atoms with Gasteiger partial charge in [0.05, 0.1) is 12.1 Å². The Balaban J connectivity index is 1.73. The summed E-state index contributed by atoms with van der Waals surface area (Å²) in [4.78, 5) is 44.8. The number of benzene rings is 2. The van der Waals surface area contributed by atoms with Crippen molar-refractivity contribution in [3.8, 4) is 0 Å². The number of carbonyl (C=O) groups is 3. The van der Waals surface area contributed by atoms with Crippen LogP contribution in [-0.2, 0) is 17.6 Å². The van der Waals surface area contributed by atoms with E-state index in [2.05, 4.69) is 15.6 Å². The van der Waals surface area contributed by atoms with Crippen LogP contribution < -0.4 is 10.6 Å². The van der Waals surface area contributed by atoms with E-state index in [0.717, 1.165) is 36.6 Å². The zero-order chi connectivity index (χ0) is 32.1. The maximum atomic E-state index is 14.0. The van der Waals surface area contributed by atoms with Gasteiger partial charge in [-0.3, -0.25) is 19.4 Å². The van der Waals surface area contributed by atoms with Crippen LogP contribution >= 0.6 is 0 Å². The fraction of sp³-hybridized carbons (Fsp3) is 0.412. The monoisotopic (exact) mass is 608 g/mol. The van der Waals surface area contributed by atoms with Crippen LogP contribution in [0.2, 0.25) is 0 Å². The van der Waals surface area contributed by atoms with Gasteiger partial charge < -0.3 is 20.6 Å². The third-order valence-corrected chi connectivity index (χ3v) is 7.15. The van der Waals surface area contributed by atoms with E-state index < -0.39 is 29.7 Å². The van der Waals surface area contributed by atoms with Crippen LogP contribution in [0.3, 0.4) is 0 Å². The molecule has 0 aliphatic heterocycles. The molecule has 0 radical (unpaired) electrons. The Morgan fingerprint density at radius 3 is 2.27 bits per heavy atom. The lowest BCUT2D eigenvalue weighted by atomic mass is 9.97. The minimum Gasteiger partial charge on any atom is -0.391 e. The fourth-order valence-corrected chi connectivity index (χ4v) is 5.05. The van der Waals surface area contributed by atoms with E-state index in [9.17, 15) is 28.3 Å². The van der Waals surface area contributed by atoms with Gasteiger partial charge in [-0.25, -0.2) is 8.78 Å². The number of nitrogens with one attached hydrogen (secondary N) is 2. The van der Waals surface area contributed by atoms with E-state index in [0.29, 0.717) is 30.6 Å². The Hall–Kier alpha value is -4.18. The second-order valence-corrected chi connectivity index (χ2v) is 11.0. The van der Waals surface area contributed by atoms with Crippen molar-refractivity contribution in [1.82, 2.24) is 20.5 Å². The van der Waals surface area contributed by atoms with E-state index in [4.69, 9.17) is 0 Å². The van der Waals surface area contributed by atoms with Gasteiger partial charge in [0.15, 0.2) is 0 Å². The highest BCUT2D eigenvalue weighted by atomic mass is 19.1. The van der Waals surface area contributed by atoms with Crippen molar-refractivity contribution in [2.75, 3.05) is 19.6 Å². The molecule has 0 spiro atoms. The summed E-state index contributed by atoms with van der Waals surface area (Å²) in [6.07, 6.45) is 4.58. The summed E-state index contributed by atoms with van der Waals surface area (Å²) >= 11 is 0. The number of aliphatic hydroxyl groups is 1. The minimum atomic E-state index is -1.15. The van der Waals surface area contributed by atoms with Crippen molar-refractivity contribution in [2.24, 2.45) is 0 Å². The Kier molecular flexibility index (Phi) is 13.4. The molecule has 1 aromatic heterocycles. The highest BCUT2D eigenvalue weighted by Gasteiger charge is 2.24. The number of hydrogen-bond acceptors (Lipinski definition) is 5. The predicted octanol–water partition coefficient (Wildman–Crippen LogP) is 4.77. The van der Waals surface area contributed by atoms with Crippen molar-refractivity contribution in [3.05, 3.63) is 100 Å². The molecule has 0 fully saturated rings. The lowest BCUT2D eigenvalue weighted by Crippen LogP contribution is -2.46. The number of hydrogen-bond donors (Lipinski definition) is 3. The number of aromatic nitrogens is 1. The summed E-state index contributed by atoms with van der Waals surface area (Å²) in [5, 5.41) is 16.7. The highest BCUT2D eigenvalue weighted by molar-refractivity contribution is 6.00. The summed E-state index contributed by atoms with van der Waals surface area (Å²) in [5.74, 6) is -2.46. The quantitative estimate of drug-likeness (QED) is 0.217. The van der Waals surface area contributed by atoms with Gasteiger partial charge in [-0.15, -0.1) is 0 Å². The van der Waals surface area contributed by atoms with E-state index in [1.807, 2.05) is 19.9 Å². The zero-order valence-electron chi connectivity index (χ0n) is 25.6. The van der Waals surface area contributed by atoms with Gasteiger partial charge in [0.2, 0.25) is 5.91 Å². The average Bonchev–Trinajstić information content (AvgIpc) is 2.99. The summed E-state index contributed by atoms with van der Waals surface area (Å²) in [7, 11) is 0. The van der Waals surface area contributed by atoms with Crippen molar-refractivity contribution in [2.45, 2.75) is 71.4 Å². The third-order valence-electron chi connectivity index (χ3n) is 7.15. The number of halogens is 2. The Bertz CT molecular complexity index is 1380. The van der Waals surface area contributed by atoms with Crippen LogP contribution in [0.1, 0.15) is 76.9 Å². The first kappa shape index (κ1) is 34.3. The average molecular weight is 609 g/mol. The molecule has 2 aromatic carbocycles. The number of aryl methyl sites for hydroxylation is 2. The first-order valence-electron chi connectivity index (χ1n) is 15.1. The molecule has 2 atom stereocenters. The van der Waals surface area contributed by atoms with Crippen LogP contribution in [0.15, 0.2) is 60.9 Å². The number of aliphatic hydroxyl groups excluding tert-OH is 1. The summed E-state index contributed by atoms with van der Waals surface area (Å²) in [6.45, 7) is 7.10.